The summed E-state index contributed by atoms with van der Waals surface area (Å²) in [5.74, 6) is 0. The van der Waals surface area contributed by atoms with Gasteiger partial charge in [0.1, 0.15) is 4.90 Å². The summed E-state index contributed by atoms with van der Waals surface area (Å²) in [6, 6.07) is 3.15. The number of hydrogen-bond acceptors (Lipinski definition) is 4. The number of hydrogen-bond donors (Lipinski definition) is 2. The number of nitrogens with one attached hydrogen (secondary N) is 2. The number of sulfonamides is 1. The first-order valence-corrected chi connectivity index (χ1v) is 6.01. The molecule has 0 saturated carbocycles. The zero-order valence-electron chi connectivity index (χ0n) is 8.51. The summed E-state index contributed by atoms with van der Waals surface area (Å²) >= 11 is 0. The van der Waals surface area contributed by atoms with E-state index in [2.05, 4.69) is 19.9 Å². The molecule has 0 atom stereocenters. The van der Waals surface area contributed by atoms with E-state index >= 15 is 0 Å². The zero-order chi connectivity index (χ0) is 11.6. The minimum atomic E-state index is -3.57. The molecule has 0 fully saturated rings. The SMILES string of the molecule is Cc1[nH]ncc1S(=O)(=O)Nc1ccncc1. The van der Waals surface area contributed by atoms with Crippen LogP contribution in [-0.2, 0) is 10.0 Å². The molecule has 2 aromatic heterocycles. The Balaban J connectivity index is 2.32. The second-order valence-corrected chi connectivity index (χ2v) is 4.85. The third kappa shape index (κ3) is 2.03. The molecule has 6 nitrogen and oxygen atoms in total. The Labute approximate surface area is 92.8 Å². The van der Waals surface area contributed by atoms with Crippen molar-refractivity contribution in [2.75, 3.05) is 4.72 Å². The smallest absolute Gasteiger partial charge is 0.265 e. The number of aryl methyl sites for hydroxylation is 1. The Morgan fingerprint density at radius 3 is 2.56 bits per heavy atom. The molecule has 2 aromatic rings. The lowest BCUT2D eigenvalue weighted by atomic mass is 10.4. The van der Waals surface area contributed by atoms with Gasteiger partial charge in [0.05, 0.1) is 17.6 Å². The number of aromatic amines is 1. The van der Waals surface area contributed by atoms with Gasteiger partial charge in [0, 0.05) is 12.4 Å². The molecule has 0 aromatic carbocycles. The lowest BCUT2D eigenvalue weighted by molar-refractivity contribution is 0.600. The van der Waals surface area contributed by atoms with Crippen LogP contribution in [0.25, 0.3) is 0 Å². The Kier molecular flexibility index (Phi) is 2.61. The van der Waals surface area contributed by atoms with Gasteiger partial charge in [0.25, 0.3) is 10.0 Å². The van der Waals surface area contributed by atoms with E-state index in [0.29, 0.717) is 11.4 Å². The minimum absolute atomic E-state index is 0.143. The van der Waals surface area contributed by atoms with Crippen molar-refractivity contribution in [1.29, 1.82) is 0 Å². The van der Waals surface area contributed by atoms with Crippen LogP contribution in [0.5, 0.6) is 0 Å². The lowest BCUT2D eigenvalue weighted by Gasteiger charge is -2.05. The summed E-state index contributed by atoms with van der Waals surface area (Å²) in [5, 5.41) is 6.25. The third-order valence-corrected chi connectivity index (χ3v) is 3.50. The fourth-order valence-corrected chi connectivity index (χ4v) is 2.44. The number of aromatic nitrogens is 3. The van der Waals surface area contributed by atoms with E-state index in [9.17, 15) is 8.42 Å². The van der Waals surface area contributed by atoms with E-state index in [1.165, 1.54) is 18.6 Å². The van der Waals surface area contributed by atoms with Crippen molar-refractivity contribution in [3.8, 4) is 0 Å². The molecule has 7 heteroatoms. The number of pyridine rings is 1. The normalized spacial score (nSPS) is 11.3. The second kappa shape index (κ2) is 3.93. The molecule has 16 heavy (non-hydrogen) atoms. The van der Waals surface area contributed by atoms with Gasteiger partial charge < -0.3 is 0 Å². The molecular formula is C9H10N4O2S. The first-order chi connectivity index (χ1) is 7.59. The summed E-state index contributed by atoms with van der Waals surface area (Å²) in [4.78, 5) is 3.95. The van der Waals surface area contributed by atoms with E-state index in [4.69, 9.17) is 0 Å². The molecule has 0 bridgehead atoms. The van der Waals surface area contributed by atoms with Crippen molar-refractivity contribution >= 4 is 15.7 Å². The van der Waals surface area contributed by atoms with E-state index in [1.807, 2.05) is 0 Å². The van der Waals surface area contributed by atoms with Crippen LogP contribution < -0.4 is 4.72 Å². The number of rotatable bonds is 3. The molecule has 2 N–H and O–H groups in total. The summed E-state index contributed by atoms with van der Waals surface area (Å²) in [5.41, 5.74) is 0.970. The third-order valence-electron chi connectivity index (χ3n) is 2.01. The Hall–Kier alpha value is -1.89. The standard InChI is InChI=1S/C9H10N4O2S/c1-7-9(6-11-12-7)16(14,15)13-8-2-4-10-5-3-8/h2-6H,1H3,(H,10,13)(H,11,12). The monoisotopic (exact) mass is 238 g/mol. The lowest BCUT2D eigenvalue weighted by Crippen LogP contribution is -2.13. The summed E-state index contributed by atoms with van der Waals surface area (Å²) in [6.07, 6.45) is 4.30. The molecule has 2 heterocycles. The Morgan fingerprint density at radius 1 is 1.31 bits per heavy atom. The highest BCUT2D eigenvalue weighted by Gasteiger charge is 2.18. The van der Waals surface area contributed by atoms with Gasteiger partial charge in [-0.2, -0.15) is 5.10 Å². The molecule has 0 unspecified atom stereocenters. The molecule has 0 saturated heterocycles. The molecule has 0 amide bonds. The highest BCUT2D eigenvalue weighted by Crippen LogP contribution is 2.16. The fraction of sp³-hybridized carbons (Fsp3) is 0.111. The highest BCUT2D eigenvalue weighted by molar-refractivity contribution is 7.92. The van der Waals surface area contributed by atoms with Crippen LogP contribution in [0.15, 0.2) is 35.6 Å². The van der Waals surface area contributed by atoms with Crippen LogP contribution in [0.3, 0.4) is 0 Å². The van der Waals surface area contributed by atoms with Gasteiger partial charge in [0.15, 0.2) is 0 Å². The van der Waals surface area contributed by atoms with Crippen molar-refractivity contribution < 1.29 is 8.42 Å². The minimum Gasteiger partial charge on any atom is -0.281 e. The van der Waals surface area contributed by atoms with E-state index in [-0.39, 0.29) is 4.90 Å². The van der Waals surface area contributed by atoms with Crippen molar-refractivity contribution in [3.63, 3.8) is 0 Å². The largest absolute Gasteiger partial charge is 0.281 e. The van der Waals surface area contributed by atoms with E-state index in [1.54, 1.807) is 19.1 Å². The molecule has 0 aliphatic heterocycles. The van der Waals surface area contributed by atoms with Gasteiger partial charge in [-0.15, -0.1) is 0 Å². The average molecular weight is 238 g/mol. The molecular weight excluding hydrogens is 228 g/mol. The van der Waals surface area contributed by atoms with Gasteiger partial charge in [-0.05, 0) is 19.1 Å². The van der Waals surface area contributed by atoms with Gasteiger partial charge in [-0.3, -0.25) is 14.8 Å². The van der Waals surface area contributed by atoms with E-state index < -0.39 is 10.0 Å². The van der Waals surface area contributed by atoms with Gasteiger partial charge in [-0.25, -0.2) is 8.42 Å². The second-order valence-electron chi connectivity index (χ2n) is 3.20. The van der Waals surface area contributed by atoms with Crippen molar-refractivity contribution in [1.82, 2.24) is 15.2 Å². The van der Waals surface area contributed by atoms with Crippen LogP contribution in [0.2, 0.25) is 0 Å². The van der Waals surface area contributed by atoms with Gasteiger partial charge in [-0.1, -0.05) is 0 Å². The van der Waals surface area contributed by atoms with Crippen LogP contribution in [-0.4, -0.2) is 23.6 Å². The molecule has 0 aliphatic carbocycles. The number of nitrogens with zero attached hydrogens (tertiary/aromatic N) is 2. The van der Waals surface area contributed by atoms with Crippen LogP contribution in [0.1, 0.15) is 5.69 Å². The average Bonchev–Trinajstić information content (AvgIpc) is 2.66. The molecule has 0 radical (unpaired) electrons. The van der Waals surface area contributed by atoms with Crippen LogP contribution >= 0.6 is 0 Å². The van der Waals surface area contributed by atoms with Crippen molar-refractivity contribution in [2.24, 2.45) is 0 Å². The maximum absolute atomic E-state index is 11.9. The van der Waals surface area contributed by atoms with Crippen molar-refractivity contribution in [2.45, 2.75) is 11.8 Å². The highest BCUT2D eigenvalue weighted by atomic mass is 32.2. The molecule has 0 aliphatic rings. The van der Waals surface area contributed by atoms with Crippen LogP contribution in [0, 0.1) is 6.92 Å². The Bertz CT molecular complexity index is 577. The maximum Gasteiger partial charge on any atom is 0.265 e. The van der Waals surface area contributed by atoms with Crippen LogP contribution in [0.4, 0.5) is 5.69 Å². The first-order valence-electron chi connectivity index (χ1n) is 4.52. The zero-order valence-corrected chi connectivity index (χ0v) is 9.32. The summed E-state index contributed by atoms with van der Waals surface area (Å²) in [6.45, 7) is 1.65. The van der Waals surface area contributed by atoms with E-state index in [0.717, 1.165) is 0 Å². The summed E-state index contributed by atoms with van der Waals surface area (Å²) in [7, 11) is -3.57. The fourth-order valence-electron chi connectivity index (χ4n) is 1.24. The molecule has 2 rings (SSSR count). The topological polar surface area (TPSA) is 87.7 Å². The van der Waals surface area contributed by atoms with Gasteiger partial charge in [0.2, 0.25) is 0 Å². The quantitative estimate of drug-likeness (QED) is 0.832. The van der Waals surface area contributed by atoms with Crippen molar-refractivity contribution in [3.05, 3.63) is 36.4 Å². The first kappa shape index (κ1) is 10.6. The van der Waals surface area contributed by atoms with Gasteiger partial charge >= 0.3 is 0 Å². The predicted octanol–water partition coefficient (Wildman–Crippen LogP) is 0.914. The Morgan fingerprint density at radius 2 is 2.00 bits per heavy atom. The predicted molar refractivity (Wildman–Crippen MR) is 58.4 cm³/mol. The molecule has 0 spiro atoms. The number of H-pyrrole nitrogens is 1. The maximum atomic E-state index is 11.9. The number of anilines is 1. The molecule has 84 valence electrons. The summed E-state index contributed by atoms with van der Waals surface area (Å²) < 4.78 is 26.2.